The highest BCUT2D eigenvalue weighted by Gasteiger charge is 2.38. The molecular formula is C19H26N4O3. The van der Waals surface area contributed by atoms with Crippen LogP contribution in [-0.4, -0.2) is 58.4 Å². The molecule has 0 aliphatic carbocycles. The lowest BCUT2D eigenvalue weighted by atomic mass is 10.1. The van der Waals surface area contributed by atoms with E-state index in [4.69, 9.17) is 4.74 Å². The molecule has 1 aromatic heterocycles. The molecule has 2 atom stereocenters. The molecule has 0 unspecified atom stereocenters. The summed E-state index contributed by atoms with van der Waals surface area (Å²) in [4.78, 5) is 33.4. The van der Waals surface area contributed by atoms with Gasteiger partial charge in [-0.3, -0.25) is 14.5 Å². The largest absolute Gasteiger partial charge is 0.481 e. The van der Waals surface area contributed by atoms with Crippen LogP contribution in [-0.2, 0) is 17.9 Å². The Morgan fingerprint density at radius 2 is 2.08 bits per heavy atom. The maximum atomic E-state index is 12.7. The quantitative estimate of drug-likeness (QED) is 0.878. The van der Waals surface area contributed by atoms with Crippen LogP contribution in [0.1, 0.15) is 54.7 Å². The second kappa shape index (κ2) is 6.54. The molecule has 4 heterocycles. The third-order valence-corrected chi connectivity index (χ3v) is 5.85. The maximum Gasteiger partial charge on any atom is 0.256 e. The van der Waals surface area contributed by atoms with Crippen LogP contribution in [0.25, 0.3) is 0 Å². The van der Waals surface area contributed by atoms with Gasteiger partial charge in [0.15, 0.2) is 0 Å². The fourth-order valence-corrected chi connectivity index (χ4v) is 4.40. The van der Waals surface area contributed by atoms with E-state index in [1.54, 1.807) is 7.11 Å². The van der Waals surface area contributed by atoms with Crippen molar-refractivity contribution in [3.8, 4) is 5.88 Å². The summed E-state index contributed by atoms with van der Waals surface area (Å²) in [5.41, 5.74) is 2.40. The van der Waals surface area contributed by atoms with Gasteiger partial charge in [0.05, 0.1) is 24.9 Å². The van der Waals surface area contributed by atoms with E-state index in [-0.39, 0.29) is 23.9 Å². The Bertz CT molecular complexity index is 749. The Hall–Kier alpha value is -2.15. The van der Waals surface area contributed by atoms with Crippen LogP contribution in [0.15, 0.2) is 6.07 Å². The predicted molar refractivity (Wildman–Crippen MR) is 95.8 cm³/mol. The number of carbonyl (C=O) groups excluding carboxylic acids is 2. The van der Waals surface area contributed by atoms with Crippen LogP contribution in [0.2, 0.25) is 0 Å². The number of methoxy groups -OCH3 is 1. The number of ether oxygens (including phenoxy) is 1. The number of nitrogens with zero attached hydrogens (tertiary/aromatic N) is 3. The minimum atomic E-state index is 0.0436. The van der Waals surface area contributed by atoms with Crippen LogP contribution >= 0.6 is 0 Å². The van der Waals surface area contributed by atoms with Crippen LogP contribution in [0, 0.1) is 0 Å². The molecule has 0 radical (unpaired) electrons. The number of nitrogens with one attached hydrogen (secondary N) is 1. The average molecular weight is 358 g/mol. The van der Waals surface area contributed by atoms with Crippen LogP contribution < -0.4 is 10.1 Å². The molecule has 7 nitrogen and oxygen atoms in total. The molecule has 0 saturated carbocycles. The number of rotatable bonds is 4. The van der Waals surface area contributed by atoms with E-state index >= 15 is 0 Å². The number of hydrogen-bond acceptors (Lipinski definition) is 5. The van der Waals surface area contributed by atoms with E-state index in [0.717, 1.165) is 24.1 Å². The van der Waals surface area contributed by atoms with E-state index in [1.807, 2.05) is 24.8 Å². The monoisotopic (exact) mass is 358 g/mol. The Labute approximate surface area is 153 Å². The van der Waals surface area contributed by atoms with Gasteiger partial charge in [-0.15, -0.1) is 0 Å². The summed E-state index contributed by atoms with van der Waals surface area (Å²) in [7, 11) is 1.62. The first-order chi connectivity index (χ1) is 12.5. The second-order valence-corrected chi connectivity index (χ2v) is 7.74. The summed E-state index contributed by atoms with van der Waals surface area (Å²) in [5, 5.41) is 3.00. The first-order valence-electron chi connectivity index (χ1n) is 9.38. The van der Waals surface area contributed by atoms with E-state index in [0.29, 0.717) is 43.5 Å². The molecular weight excluding hydrogens is 332 g/mol. The van der Waals surface area contributed by atoms with Crippen molar-refractivity contribution < 1.29 is 14.3 Å². The van der Waals surface area contributed by atoms with Crippen LogP contribution in [0.5, 0.6) is 5.88 Å². The summed E-state index contributed by atoms with van der Waals surface area (Å²) < 4.78 is 5.54. The molecule has 4 rings (SSSR count). The molecule has 2 saturated heterocycles. The Morgan fingerprint density at radius 1 is 1.31 bits per heavy atom. The van der Waals surface area contributed by atoms with Crippen molar-refractivity contribution >= 4 is 11.8 Å². The Balaban J connectivity index is 1.64. The number of hydrogen-bond donors (Lipinski definition) is 1. The van der Waals surface area contributed by atoms with Gasteiger partial charge >= 0.3 is 0 Å². The smallest absolute Gasteiger partial charge is 0.256 e. The fourth-order valence-electron chi connectivity index (χ4n) is 4.40. The van der Waals surface area contributed by atoms with Crippen molar-refractivity contribution in [3.63, 3.8) is 0 Å². The van der Waals surface area contributed by atoms with Crippen LogP contribution in [0.3, 0.4) is 0 Å². The Kier molecular flexibility index (Phi) is 4.34. The average Bonchev–Trinajstić information content (AvgIpc) is 3.08. The second-order valence-electron chi connectivity index (χ2n) is 7.74. The molecule has 3 aliphatic rings. The number of carbonyl (C=O) groups is 2. The lowest BCUT2D eigenvalue weighted by Crippen LogP contribution is -2.37. The molecule has 1 N–H and O–H groups in total. The summed E-state index contributed by atoms with van der Waals surface area (Å²) in [6.07, 6.45) is 2.67. The molecule has 26 heavy (non-hydrogen) atoms. The molecule has 1 aromatic rings. The van der Waals surface area contributed by atoms with Gasteiger partial charge in [-0.05, 0) is 32.8 Å². The standard InChI is InChI=1S/C19H26N4O3/c1-11(2)22-10-16-15(19(22)25)6-12(18(21-16)26-3)9-23-13-4-5-14(23)8-20-17(24)7-13/h6,11,13-14H,4-5,7-10H2,1-3H3,(H,20,24)/t13-,14+/m1/s1. The van der Waals surface area contributed by atoms with Gasteiger partial charge in [-0.2, -0.15) is 0 Å². The van der Waals surface area contributed by atoms with Crippen LogP contribution in [0.4, 0.5) is 0 Å². The number of aromatic nitrogens is 1. The van der Waals surface area contributed by atoms with Crippen molar-refractivity contribution in [1.29, 1.82) is 0 Å². The van der Waals surface area contributed by atoms with Crippen molar-refractivity contribution in [3.05, 3.63) is 22.9 Å². The normalized spacial score (nSPS) is 25.5. The first-order valence-corrected chi connectivity index (χ1v) is 9.38. The molecule has 140 valence electrons. The molecule has 2 fully saturated rings. The van der Waals surface area contributed by atoms with Crippen molar-refractivity contribution in [2.45, 2.75) is 64.3 Å². The zero-order chi connectivity index (χ0) is 18.4. The SMILES string of the molecule is COc1nc2c(cc1CN1[C@@H]3CC[C@H]1CNC(=O)C3)C(=O)N(C(C)C)C2. The van der Waals surface area contributed by atoms with Crippen molar-refractivity contribution in [2.75, 3.05) is 13.7 Å². The third kappa shape index (κ3) is 2.84. The van der Waals surface area contributed by atoms with Gasteiger partial charge in [0.25, 0.3) is 5.91 Å². The molecule has 2 bridgehead atoms. The van der Waals surface area contributed by atoms with Gasteiger partial charge in [-0.1, -0.05) is 0 Å². The minimum absolute atomic E-state index is 0.0436. The van der Waals surface area contributed by atoms with Gasteiger partial charge in [0.1, 0.15) is 0 Å². The van der Waals surface area contributed by atoms with E-state index < -0.39 is 0 Å². The van der Waals surface area contributed by atoms with Crippen molar-refractivity contribution in [2.24, 2.45) is 0 Å². The topological polar surface area (TPSA) is 74.8 Å². The van der Waals surface area contributed by atoms with E-state index in [9.17, 15) is 9.59 Å². The fraction of sp³-hybridized carbons (Fsp3) is 0.632. The molecule has 0 aromatic carbocycles. The molecule has 2 amide bonds. The maximum absolute atomic E-state index is 12.7. The lowest BCUT2D eigenvalue weighted by Gasteiger charge is -2.27. The van der Waals surface area contributed by atoms with Crippen molar-refractivity contribution in [1.82, 2.24) is 20.1 Å². The van der Waals surface area contributed by atoms with Gasteiger partial charge in [-0.25, -0.2) is 4.98 Å². The number of amides is 2. The zero-order valence-electron chi connectivity index (χ0n) is 15.6. The lowest BCUT2D eigenvalue weighted by molar-refractivity contribution is -0.121. The summed E-state index contributed by atoms with van der Waals surface area (Å²) in [5.74, 6) is 0.760. The highest BCUT2D eigenvalue weighted by atomic mass is 16.5. The molecule has 3 aliphatic heterocycles. The zero-order valence-corrected chi connectivity index (χ0v) is 15.6. The summed E-state index contributed by atoms with van der Waals surface area (Å²) in [6, 6.07) is 2.69. The van der Waals surface area contributed by atoms with Gasteiger partial charge in [0, 0.05) is 43.2 Å². The predicted octanol–water partition coefficient (Wildman–Crippen LogP) is 1.31. The molecule has 0 spiro atoms. The minimum Gasteiger partial charge on any atom is -0.481 e. The third-order valence-electron chi connectivity index (χ3n) is 5.85. The molecule has 7 heteroatoms. The van der Waals surface area contributed by atoms with Gasteiger partial charge in [0.2, 0.25) is 11.8 Å². The Morgan fingerprint density at radius 3 is 2.81 bits per heavy atom. The first kappa shape index (κ1) is 17.3. The summed E-state index contributed by atoms with van der Waals surface area (Å²) in [6.45, 7) is 5.91. The van der Waals surface area contributed by atoms with Gasteiger partial charge < -0.3 is 15.0 Å². The van der Waals surface area contributed by atoms with E-state index in [1.165, 1.54) is 0 Å². The number of fused-ring (bicyclic) bond motifs is 3. The number of pyridine rings is 1. The van der Waals surface area contributed by atoms with E-state index in [2.05, 4.69) is 15.2 Å². The summed E-state index contributed by atoms with van der Waals surface area (Å²) >= 11 is 0. The highest BCUT2D eigenvalue weighted by molar-refractivity contribution is 5.98. The highest BCUT2D eigenvalue weighted by Crippen LogP contribution is 2.34.